The average molecular weight is 502 g/mol. The van der Waals surface area contributed by atoms with Crippen molar-refractivity contribution in [2.75, 3.05) is 6.61 Å². The van der Waals surface area contributed by atoms with Gasteiger partial charge < -0.3 is 4.74 Å². The summed E-state index contributed by atoms with van der Waals surface area (Å²) in [6, 6.07) is 19.5. The van der Waals surface area contributed by atoms with Gasteiger partial charge in [0.05, 0.1) is 28.5 Å². The van der Waals surface area contributed by atoms with Crippen LogP contribution in [0.1, 0.15) is 29.7 Å². The highest BCUT2D eigenvalue weighted by Gasteiger charge is 2.35. The molecule has 2 aromatic heterocycles. The predicted molar refractivity (Wildman–Crippen MR) is 137 cm³/mol. The van der Waals surface area contributed by atoms with E-state index in [0.717, 1.165) is 16.7 Å². The number of pyridine rings is 1. The van der Waals surface area contributed by atoms with Crippen molar-refractivity contribution in [3.8, 4) is 0 Å². The number of carbonyl (C=O) groups is 1. The lowest BCUT2D eigenvalue weighted by Crippen LogP contribution is -2.40. The highest BCUT2D eigenvalue weighted by atomic mass is 35.5. The van der Waals surface area contributed by atoms with Crippen LogP contribution in [0.2, 0.25) is 5.02 Å². The Morgan fingerprint density at radius 1 is 1.09 bits per heavy atom. The largest absolute Gasteiger partial charge is 0.463 e. The molecule has 0 radical (unpaired) electrons. The van der Waals surface area contributed by atoms with Crippen LogP contribution in [0.25, 0.3) is 11.8 Å². The lowest BCUT2D eigenvalue weighted by atomic mass is 9.93. The Morgan fingerprint density at radius 3 is 2.49 bits per heavy atom. The minimum Gasteiger partial charge on any atom is -0.463 e. The second kappa shape index (κ2) is 9.82. The van der Waals surface area contributed by atoms with Crippen molar-refractivity contribution >= 4 is 40.7 Å². The van der Waals surface area contributed by atoms with Crippen LogP contribution in [0.3, 0.4) is 0 Å². The number of thiazole rings is 1. The fraction of sp³-hybridized carbons (Fsp3) is 0.111. The molecule has 0 fully saturated rings. The van der Waals surface area contributed by atoms with E-state index < -0.39 is 12.0 Å². The first-order valence-corrected chi connectivity index (χ1v) is 12.2. The van der Waals surface area contributed by atoms with Crippen LogP contribution in [0.15, 0.2) is 94.5 Å². The average Bonchev–Trinajstić information content (AvgIpc) is 3.19. The van der Waals surface area contributed by atoms with Gasteiger partial charge in [0, 0.05) is 23.0 Å². The predicted octanol–water partition coefficient (Wildman–Crippen LogP) is 3.98. The first-order valence-electron chi connectivity index (χ1n) is 11.0. The maximum atomic E-state index is 13.7. The zero-order chi connectivity index (χ0) is 24.4. The summed E-state index contributed by atoms with van der Waals surface area (Å²) < 4.78 is 7.53. The maximum Gasteiger partial charge on any atom is 0.338 e. The number of fused-ring (bicyclic) bond motifs is 1. The highest BCUT2D eigenvalue weighted by molar-refractivity contribution is 7.07. The molecule has 0 bridgehead atoms. The first-order chi connectivity index (χ1) is 17.1. The first kappa shape index (κ1) is 23.0. The molecule has 2 aromatic carbocycles. The molecule has 0 aliphatic carbocycles. The molecular formula is C27H20ClN3O3S. The fourth-order valence-electron chi connectivity index (χ4n) is 4.01. The molecule has 174 valence electrons. The third-order valence-electron chi connectivity index (χ3n) is 5.56. The van der Waals surface area contributed by atoms with E-state index in [0.29, 0.717) is 25.6 Å². The number of nitrogens with zero attached hydrogens (tertiary/aromatic N) is 3. The summed E-state index contributed by atoms with van der Waals surface area (Å²) in [5, 5.41) is 0.559. The van der Waals surface area contributed by atoms with E-state index in [1.807, 2.05) is 54.6 Å². The van der Waals surface area contributed by atoms with Gasteiger partial charge in [-0.2, -0.15) is 0 Å². The topological polar surface area (TPSA) is 73.6 Å². The van der Waals surface area contributed by atoms with Crippen LogP contribution in [-0.4, -0.2) is 22.1 Å². The number of benzene rings is 2. The zero-order valence-corrected chi connectivity index (χ0v) is 20.3. The molecule has 1 aliphatic heterocycles. The van der Waals surface area contributed by atoms with Crippen LogP contribution >= 0.6 is 22.9 Å². The molecule has 0 amide bonds. The van der Waals surface area contributed by atoms with E-state index in [9.17, 15) is 9.59 Å². The summed E-state index contributed by atoms with van der Waals surface area (Å²) in [7, 11) is 0. The van der Waals surface area contributed by atoms with E-state index in [1.165, 1.54) is 11.3 Å². The summed E-state index contributed by atoms with van der Waals surface area (Å²) in [5.41, 5.74) is 2.91. The lowest BCUT2D eigenvalue weighted by molar-refractivity contribution is -0.138. The minimum atomic E-state index is -0.725. The maximum absolute atomic E-state index is 13.7. The third-order valence-corrected chi connectivity index (χ3v) is 6.80. The summed E-state index contributed by atoms with van der Waals surface area (Å²) >= 11 is 7.43. The monoisotopic (exact) mass is 501 g/mol. The molecule has 1 aliphatic rings. The van der Waals surface area contributed by atoms with Crippen molar-refractivity contribution in [2.45, 2.75) is 13.0 Å². The van der Waals surface area contributed by atoms with Gasteiger partial charge in [-0.1, -0.05) is 65.4 Å². The van der Waals surface area contributed by atoms with Crippen molar-refractivity contribution in [3.63, 3.8) is 0 Å². The Kier molecular flexibility index (Phi) is 6.44. The third kappa shape index (κ3) is 4.48. The molecular weight excluding hydrogens is 482 g/mol. The summed E-state index contributed by atoms with van der Waals surface area (Å²) in [6.07, 6.45) is 5.15. The summed E-state index contributed by atoms with van der Waals surface area (Å²) in [6.45, 7) is 1.95. The minimum absolute atomic E-state index is 0.199. The standard InChI is InChI=1S/C27H20ClN3O3S/c1-2-34-26(33)22-23(18-6-4-3-5-7-18)30-27-31(24(22)19-8-10-20(28)11-9-19)25(32)21(35-27)16-17-12-14-29-15-13-17/h3-16,24H,2H2,1H3/b21-16-/t24-/m1/s1. The normalized spacial score (nSPS) is 15.5. The lowest BCUT2D eigenvalue weighted by Gasteiger charge is -2.25. The number of aromatic nitrogens is 2. The van der Waals surface area contributed by atoms with Gasteiger partial charge in [-0.05, 0) is 48.4 Å². The fourth-order valence-corrected chi connectivity index (χ4v) is 5.14. The SMILES string of the molecule is CCOC(=O)C1=C(c2ccccc2)N=c2s/c(=C\c3ccncc3)c(=O)n2[C@@H]1c1ccc(Cl)cc1. The zero-order valence-electron chi connectivity index (χ0n) is 18.7. The van der Waals surface area contributed by atoms with E-state index in [2.05, 4.69) is 4.98 Å². The Balaban J connectivity index is 1.84. The van der Waals surface area contributed by atoms with Gasteiger partial charge in [0.1, 0.15) is 0 Å². The number of hydrogen-bond acceptors (Lipinski definition) is 6. The smallest absolute Gasteiger partial charge is 0.338 e. The second-order valence-corrected chi connectivity index (χ2v) is 9.21. The van der Waals surface area contributed by atoms with Gasteiger partial charge in [-0.25, -0.2) is 9.79 Å². The van der Waals surface area contributed by atoms with Gasteiger partial charge >= 0.3 is 5.97 Å². The number of hydrogen-bond donors (Lipinski definition) is 0. The number of rotatable bonds is 5. The van der Waals surface area contributed by atoms with Crippen molar-refractivity contribution in [1.29, 1.82) is 0 Å². The van der Waals surface area contributed by atoms with Crippen molar-refractivity contribution in [2.24, 2.45) is 4.99 Å². The molecule has 8 heteroatoms. The molecule has 35 heavy (non-hydrogen) atoms. The van der Waals surface area contributed by atoms with Crippen molar-refractivity contribution < 1.29 is 9.53 Å². The van der Waals surface area contributed by atoms with Crippen molar-refractivity contribution in [1.82, 2.24) is 9.55 Å². The highest BCUT2D eigenvalue weighted by Crippen LogP contribution is 2.35. The van der Waals surface area contributed by atoms with Crippen LogP contribution < -0.4 is 14.9 Å². The van der Waals surface area contributed by atoms with Crippen LogP contribution in [0.4, 0.5) is 0 Å². The Bertz CT molecular complexity index is 1590. The van der Waals surface area contributed by atoms with Crippen LogP contribution in [-0.2, 0) is 9.53 Å². The van der Waals surface area contributed by atoms with Crippen LogP contribution in [0, 0.1) is 0 Å². The van der Waals surface area contributed by atoms with Crippen LogP contribution in [0.5, 0.6) is 0 Å². The molecule has 0 saturated carbocycles. The van der Waals surface area contributed by atoms with Gasteiger partial charge in [0.15, 0.2) is 4.80 Å². The van der Waals surface area contributed by atoms with Gasteiger partial charge in [-0.3, -0.25) is 14.3 Å². The van der Waals surface area contributed by atoms with E-state index in [-0.39, 0.29) is 12.2 Å². The molecule has 0 N–H and O–H groups in total. The summed E-state index contributed by atoms with van der Waals surface area (Å²) in [5.74, 6) is -0.515. The van der Waals surface area contributed by atoms with E-state index in [1.54, 1.807) is 42.1 Å². The quantitative estimate of drug-likeness (QED) is 0.388. The number of esters is 1. The van der Waals surface area contributed by atoms with Gasteiger partial charge in [0.2, 0.25) is 0 Å². The molecule has 1 atom stereocenters. The Morgan fingerprint density at radius 2 is 1.80 bits per heavy atom. The van der Waals surface area contributed by atoms with E-state index >= 15 is 0 Å². The molecule has 0 spiro atoms. The Hall–Kier alpha value is -3.81. The number of halogens is 1. The van der Waals surface area contributed by atoms with Gasteiger partial charge in [-0.15, -0.1) is 0 Å². The summed E-state index contributed by atoms with van der Waals surface area (Å²) in [4.78, 5) is 36.4. The second-order valence-electron chi connectivity index (χ2n) is 7.76. The molecule has 4 aromatic rings. The molecule has 6 nitrogen and oxygen atoms in total. The van der Waals surface area contributed by atoms with Gasteiger partial charge in [0.25, 0.3) is 5.56 Å². The van der Waals surface area contributed by atoms with E-state index in [4.69, 9.17) is 21.3 Å². The van der Waals surface area contributed by atoms with Crippen molar-refractivity contribution in [3.05, 3.63) is 126 Å². The molecule has 0 saturated heterocycles. The molecule has 0 unspecified atom stereocenters. The number of carbonyl (C=O) groups excluding carboxylic acids is 1. The number of ether oxygens (including phenoxy) is 1. The molecule has 5 rings (SSSR count). The Labute approximate surface area is 210 Å². The molecule has 3 heterocycles.